The van der Waals surface area contributed by atoms with E-state index in [9.17, 15) is 0 Å². The van der Waals surface area contributed by atoms with Crippen LogP contribution < -0.4 is 10.6 Å². The van der Waals surface area contributed by atoms with Gasteiger partial charge < -0.3 is 10.6 Å². The van der Waals surface area contributed by atoms with Crippen LogP contribution in [0, 0.1) is 0 Å². The van der Waals surface area contributed by atoms with Crippen LogP contribution in [0.25, 0.3) is 0 Å². The van der Waals surface area contributed by atoms with Crippen molar-refractivity contribution in [3.05, 3.63) is 0 Å². The van der Waals surface area contributed by atoms with Gasteiger partial charge in [-0.3, -0.25) is 0 Å². The molecule has 2 N–H and O–H groups in total. The van der Waals surface area contributed by atoms with Gasteiger partial charge >= 0.3 is 0 Å². The fourth-order valence-electron chi connectivity index (χ4n) is 4.06. The largest absolute Gasteiger partial charge is 0.317 e. The van der Waals surface area contributed by atoms with Crippen LogP contribution in [-0.2, 0) is 0 Å². The molecule has 0 unspecified atom stereocenters. The Hall–Kier alpha value is -0.0800. The predicted molar refractivity (Wildman–Crippen MR) is 134 cm³/mol. The molecule has 29 heavy (non-hydrogen) atoms. The van der Waals surface area contributed by atoms with Gasteiger partial charge in [0.05, 0.1) is 0 Å². The maximum Gasteiger partial charge on any atom is -0.00368 e. The van der Waals surface area contributed by atoms with E-state index < -0.39 is 0 Å². The molecule has 0 saturated carbocycles. The van der Waals surface area contributed by atoms with Gasteiger partial charge in [-0.1, -0.05) is 129 Å². The van der Waals surface area contributed by atoms with Crippen molar-refractivity contribution in [1.29, 1.82) is 0 Å². The molecule has 0 aliphatic carbocycles. The van der Waals surface area contributed by atoms with E-state index in [2.05, 4.69) is 24.5 Å². The smallest absolute Gasteiger partial charge is 0.00368 e. The van der Waals surface area contributed by atoms with Crippen LogP contribution >= 0.6 is 0 Å². The summed E-state index contributed by atoms with van der Waals surface area (Å²) in [6, 6.07) is 0. The fourth-order valence-corrected chi connectivity index (χ4v) is 4.06. The average molecular weight is 411 g/mol. The predicted octanol–water partition coefficient (Wildman–Crippen LogP) is 8.40. The average Bonchev–Trinajstić information content (AvgIpc) is 2.74. The van der Waals surface area contributed by atoms with Crippen LogP contribution in [-0.4, -0.2) is 26.2 Å². The van der Waals surface area contributed by atoms with E-state index in [-0.39, 0.29) is 0 Å². The molecule has 176 valence electrons. The molecule has 0 aliphatic rings. The van der Waals surface area contributed by atoms with Crippen LogP contribution in [0.3, 0.4) is 0 Å². The first-order valence-electron chi connectivity index (χ1n) is 13.8. The van der Waals surface area contributed by atoms with E-state index in [0.717, 1.165) is 0 Å². The standard InChI is InChI=1S/C27H58N2/c1-3-5-7-9-11-13-15-17-19-21-24-28-26-23-27-29-25-22-20-18-16-14-12-10-8-6-4-2/h28-29H,3-27H2,1-2H3. The summed E-state index contributed by atoms with van der Waals surface area (Å²) in [7, 11) is 0. The summed E-state index contributed by atoms with van der Waals surface area (Å²) in [5, 5.41) is 7.23. The van der Waals surface area contributed by atoms with E-state index in [1.165, 1.54) is 161 Å². The Balaban J connectivity index is 2.97. The summed E-state index contributed by atoms with van der Waals surface area (Å²) in [6.07, 6.45) is 29.9. The third-order valence-electron chi connectivity index (χ3n) is 6.12. The quantitative estimate of drug-likeness (QED) is 0.140. The van der Waals surface area contributed by atoms with Gasteiger partial charge in [-0.05, 0) is 45.4 Å². The van der Waals surface area contributed by atoms with Gasteiger partial charge in [0.25, 0.3) is 0 Å². The maximum atomic E-state index is 3.61. The molecule has 0 aromatic rings. The zero-order valence-corrected chi connectivity index (χ0v) is 20.7. The second-order valence-corrected chi connectivity index (χ2v) is 9.22. The van der Waals surface area contributed by atoms with Crippen LogP contribution in [0.5, 0.6) is 0 Å². The SMILES string of the molecule is CCCCCCCCCCCCNCCCNCCCCCCCCCCCC. The number of nitrogens with one attached hydrogen (secondary N) is 2. The minimum atomic E-state index is 1.18. The Morgan fingerprint density at radius 2 is 0.517 bits per heavy atom. The molecule has 0 rings (SSSR count). The summed E-state index contributed by atoms with van der Waals surface area (Å²) in [4.78, 5) is 0. The second kappa shape index (κ2) is 27.9. The number of hydrogen-bond acceptors (Lipinski definition) is 2. The first-order chi connectivity index (χ1) is 14.4. The zero-order chi connectivity index (χ0) is 21.1. The van der Waals surface area contributed by atoms with Crippen molar-refractivity contribution < 1.29 is 0 Å². The first-order valence-corrected chi connectivity index (χ1v) is 13.8. The minimum absolute atomic E-state index is 1.18. The van der Waals surface area contributed by atoms with Crippen LogP contribution in [0.1, 0.15) is 149 Å². The highest BCUT2D eigenvalue weighted by Gasteiger charge is 1.95. The highest BCUT2D eigenvalue weighted by molar-refractivity contribution is 4.55. The van der Waals surface area contributed by atoms with Crippen molar-refractivity contribution in [2.75, 3.05) is 26.2 Å². The summed E-state index contributed by atoms with van der Waals surface area (Å²) < 4.78 is 0. The van der Waals surface area contributed by atoms with Gasteiger partial charge in [0.2, 0.25) is 0 Å². The van der Waals surface area contributed by atoms with Gasteiger partial charge in [0.1, 0.15) is 0 Å². The molecule has 0 spiro atoms. The molecule has 0 aromatic heterocycles. The summed E-state index contributed by atoms with van der Waals surface area (Å²) >= 11 is 0. The maximum absolute atomic E-state index is 3.61. The van der Waals surface area contributed by atoms with Crippen LogP contribution in [0.15, 0.2) is 0 Å². The van der Waals surface area contributed by atoms with Gasteiger partial charge in [-0.15, -0.1) is 0 Å². The van der Waals surface area contributed by atoms with Crippen molar-refractivity contribution in [3.63, 3.8) is 0 Å². The molecule has 0 amide bonds. The minimum Gasteiger partial charge on any atom is -0.317 e. The molecule has 0 aliphatic heterocycles. The van der Waals surface area contributed by atoms with Gasteiger partial charge in [-0.25, -0.2) is 0 Å². The van der Waals surface area contributed by atoms with E-state index in [4.69, 9.17) is 0 Å². The van der Waals surface area contributed by atoms with Crippen molar-refractivity contribution in [1.82, 2.24) is 10.6 Å². The van der Waals surface area contributed by atoms with Gasteiger partial charge in [0.15, 0.2) is 0 Å². The Morgan fingerprint density at radius 1 is 0.276 bits per heavy atom. The van der Waals surface area contributed by atoms with Gasteiger partial charge in [-0.2, -0.15) is 0 Å². The highest BCUT2D eigenvalue weighted by Crippen LogP contribution is 2.11. The molecule has 0 saturated heterocycles. The zero-order valence-electron chi connectivity index (χ0n) is 20.7. The lowest BCUT2D eigenvalue weighted by Gasteiger charge is -2.07. The van der Waals surface area contributed by atoms with E-state index >= 15 is 0 Å². The molecular formula is C27H58N2. The number of hydrogen-bond donors (Lipinski definition) is 2. The molecule has 2 heteroatoms. The second-order valence-electron chi connectivity index (χ2n) is 9.22. The Morgan fingerprint density at radius 3 is 0.828 bits per heavy atom. The van der Waals surface area contributed by atoms with Gasteiger partial charge in [0, 0.05) is 0 Å². The molecule has 0 heterocycles. The van der Waals surface area contributed by atoms with Crippen molar-refractivity contribution in [3.8, 4) is 0 Å². The topological polar surface area (TPSA) is 24.1 Å². The number of unbranched alkanes of at least 4 members (excludes halogenated alkanes) is 18. The van der Waals surface area contributed by atoms with Crippen molar-refractivity contribution in [2.24, 2.45) is 0 Å². The molecule has 0 atom stereocenters. The monoisotopic (exact) mass is 410 g/mol. The molecule has 0 bridgehead atoms. The lowest BCUT2D eigenvalue weighted by Crippen LogP contribution is -2.23. The summed E-state index contributed by atoms with van der Waals surface area (Å²) in [6.45, 7) is 9.39. The third-order valence-corrected chi connectivity index (χ3v) is 6.12. The molecule has 0 fully saturated rings. The molecule has 0 aromatic carbocycles. The highest BCUT2D eigenvalue weighted by atomic mass is 14.9. The number of rotatable bonds is 26. The Labute approximate surface area is 185 Å². The van der Waals surface area contributed by atoms with Crippen molar-refractivity contribution >= 4 is 0 Å². The molecule has 2 nitrogen and oxygen atoms in total. The van der Waals surface area contributed by atoms with Crippen LogP contribution in [0.4, 0.5) is 0 Å². The van der Waals surface area contributed by atoms with Crippen LogP contribution in [0.2, 0.25) is 0 Å². The third kappa shape index (κ3) is 27.9. The van der Waals surface area contributed by atoms with E-state index in [1.54, 1.807) is 0 Å². The van der Waals surface area contributed by atoms with Crippen molar-refractivity contribution in [2.45, 2.75) is 149 Å². The fraction of sp³-hybridized carbons (Fsp3) is 1.00. The Bertz CT molecular complexity index is 241. The lowest BCUT2D eigenvalue weighted by atomic mass is 10.1. The Kier molecular flexibility index (Phi) is 27.8. The summed E-state index contributed by atoms with van der Waals surface area (Å²) in [5.74, 6) is 0. The van der Waals surface area contributed by atoms with E-state index in [1.807, 2.05) is 0 Å². The molecular weight excluding hydrogens is 352 g/mol. The summed E-state index contributed by atoms with van der Waals surface area (Å²) in [5.41, 5.74) is 0. The normalized spacial score (nSPS) is 11.4. The lowest BCUT2D eigenvalue weighted by molar-refractivity contribution is 0.526. The first kappa shape index (κ1) is 28.9. The van der Waals surface area contributed by atoms with E-state index in [0.29, 0.717) is 0 Å². The molecule has 0 radical (unpaired) electrons.